The number of aromatic nitrogens is 1. The van der Waals surface area contributed by atoms with Gasteiger partial charge >= 0.3 is 5.97 Å². The van der Waals surface area contributed by atoms with Gasteiger partial charge in [0.2, 0.25) is 0 Å². The fourth-order valence-corrected chi connectivity index (χ4v) is 5.21. The third-order valence-corrected chi connectivity index (χ3v) is 6.97. The predicted molar refractivity (Wildman–Crippen MR) is 114 cm³/mol. The molecule has 2 fully saturated rings. The number of nitrogens with zero attached hydrogens (tertiary/aromatic N) is 2. The smallest absolute Gasteiger partial charge is 0.315 e. The zero-order valence-corrected chi connectivity index (χ0v) is 17.8. The number of ether oxygens (including phenoxy) is 1. The van der Waals surface area contributed by atoms with Crippen molar-refractivity contribution in [1.29, 1.82) is 5.26 Å². The highest BCUT2D eigenvalue weighted by Gasteiger charge is 2.67. The predicted octanol–water partition coefficient (Wildman–Crippen LogP) is 4.46. The molecule has 0 amide bonds. The van der Waals surface area contributed by atoms with E-state index in [0.717, 1.165) is 11.1 Å². The van der Waals surface area contributed by atoms with E-state index in [-0.39, 0.29) is 0 Å². The molecule has 2 aliphatic rings. The van der Waals surface area contributed by atoms with E-state index in [1.165, 1.54) is 6.92 Å². The van der Waals surface area contributed by atoms with Crippen LogP contribution in [0.25, 0.3) is 17.2 Å². The van der Waals surface area contributed by atoms with Crippen LogP contribution in [-0.4, -0.2) is 34.7 Å². The highest BCUT2D eigenvalue weighted by molar-refractivity contribution is 5.80. The molecule has 1 aliphatic carbocycles. The summed E-state index contributed by atoms with van der Waals surface area (Å²) in [7, 11) is 0. The summed E-state index contributed by atoms with van der Waals surface area (Å²) in [6.45, 7) is 2.50. The molecule has 7 heteroatoms. The summed E-state index contributed by atoms with van der Waals surface area (Å²) in [6, 6.07) is 12.9. The van der Waals surface area contributed by atoms with Crippen molar-refractivity contribution in [2.24, 2.45) is 23.2 Å². The number of cyclic esters (lactones) is 1. The van der Waals surface area contributed by atoms with Crippen LogP contribution in [0.1, 0.15) is 31.5 Å². The van der Waals surface area contributed by atoms with Gasteiger partial charge in [-0.25, -0.2) is 8.78 Å². The number of fused-ring (bicyclic) bond motifs is 1. The number of benzene rings is 1. The molecule has 1 N–H and O–H groups in total. The highest BCUT2D eigenvalue weighted by Crippen LogP contribution is 2.59. The maximum Gasteiger partial charge on any atom is 0.315 e. The van der Waals surface area contributed by atoms with Gasteiger partial charge in [-0.15, -0.1) is 0 Å². The molecule has 2 heterocycles. The number of aliphatic hydroxyl groups is 1. The first-order chi connectivity index (χ1) is 15.2. The molecule has 1 unspecified atom stereocenters. The molecule has 5 nitrogen and oxygen atoms in total. The molecule has 166 valence electrons. The molecule has 0 spiro atoms. The molecule has 0 bridgehead atoms. The van der Waals surface area contributed by atoms with E-state index in [0.29, 0.717) is 11.3 Å². The van der Waals surface area contributed by atoms with Crippen molar-refractivity contribution in [3.05, 3.63) is 59.9 Å². The van der Waals surface area contributed by atoms with E-state index >= 15 is 0 Å². The van der Waals surface area contributed by atoms with Crippen LogP contribution in [0.4, 0.5) is 8.78 Å². The number of carbonyl (C=O) groups is 1. The Balaban J connectivity index is 1.64. The van der Waals surface area contributed by atoms with Gasteiger partial charge < -0.3 is 9.84 Å². The number of hydrogen-bond donors (Lipinski definition) is 1. The molecular formula is C25H24F2N2O3. The third-order valence-electron chi connectivity index (χ3n) is 6.97. The van der Waals surface area contributed by atoms with Crippen LogP contribution < -0.4 is 0 Å². The Labute approximate surface area is 185 Å². The molecule has 5 atom stereocenters. The number of nitriles is 1. The topological polar surface area (TPSA) is 83.2 Å². The molecule has 1 saturated heterocycles. The van der Waals surface area contributed by atoms with Crippen LogP contribution in [0.5, 0.6) is 0 Å². The van der Waals surface area contributed by atoms with Crippen molar-refractivity contribution < 1.29 is 23.4 Å². The van der Waals surface area contributed by atoms with Gasteiger partial charge in [0.15, 0.2) is 0 Å². The molecule has 1 aromatic carbocycles. The molecule has 32 heavy (non-hydrogen) atoms. The van der Waals surface area contributed by atoms with Gasteiger partial charge in [-0.3, -0.25) is 9.78 Å². The minimum atomic E-state index is -3.12. The van der Waals surface area contributed by atoms with E-state index in [2.05, 4.69) is 11.1 Å². The minimum absolute atomic E-state index is 0.538. The van der Waals surface area contributed by atoms with Gasteiger partial charge in [0, 0.05) is 35.6 Å². The molecule has 2 aromatic rings. The second-order valence-corrected chi connectivity index (χ2v) is 8.74. The normalized spacial score (nSPS) is 31.2. The number of alkyl halides is 2. The fraction of sp³-hybridized carbons (Fsp3) is 0.400. The average molecular weight is 438 g/mol. The number of pyridine rings is 1. The van der Waals surface area contributed by atoms with Crippen molar-refractivity contribution in [2.75, 3.05) is 6.61 Å². The maximum absolute atomic E-state index is 14.9. The largest absolute Gasteiger partial charge is 0.462 e. The summed E-state index contributed by atoms with van der Waals surface area (Å²) >= 11 is 0. The first kappa shape index (κ1) is 22.1. The quantitative estimate of drug-likeness (QED) is 0.713. The zero-order valence-electron chi connectivity index (χ0n) is 17.8. The Kier molecular flexibility index (Phi) is 5.59. The number of halogens is 2. The highest BCUT2D eigenvalue weighted by atomic mass is 19.3. The summed E-state index contributed by atoms with van der Waals surface area (Å²) in [4.78, 5) is 16.8. The van der Waals surface area contributed by atoms with E-state index in [4.69, 9.17) is 4.74 Å². The Bertz CT molecular complexity index is 1090. The van der Waals surface area contributed by atoms with Gasteiger partial charge in [-0.1, -0.05) is 37.3 Å². The van der Waals surface area contributed by atoms with Crippen LogP contribution >= 0.6 is 0 Å². The summed E-state index contributed by atoms with van der Waals surface area (Å²) < 4.78 is 35.0. The number of hydrogen-bond acceptors (Lipinski definition) is 5. The number of rotatable bonds is 4. The SMILES string of the molecule is C[C@H]1OC(=O)[C@]2(CO)CC(F)(F)[C@@H](C)[C@H](/C=C/c3ccc(-c4ccccc4C#N)cn3)C12. The van der Waals surface area contributed by atoms with E-state index in [9.17, 15) is 23.9 Å². The number of esters is 1. The van der Waals surface area contributed by atoms with Crippen molar-refractivity contribution in [1.82, 2.24) is 4.98 Å². The lowest BCUT2D eigenvalue weighted by Crippen LogP contribution is -2.55. The maximum atomic E-state index is 14.9. The number of carbonyl (C=O) groups excluding carboxylic acids is 1. The van der Waals surface area contributed by atoms with Crippen LogP contribution in [0.3, 0.4) is 0 Å². The van der Waals surface area contributed by atoms with Gasteiger partial charge in [-0.05, 0) is 31.1 Å². The molecule has 4 rings (SSSR count). The monoisotopic (exact) mass is 438 g/mol. The van der Waals surface area contributed by atoms with Crippen LogP contribution in [0.2, 0.25) is 0 Å². The Morgan fingerprint density at radius 1 is 1.28 bits per heavy atom. The average Bonchev–Trinajstić information content (AvgIpc) is 3.03. The summed E-state index contributed by atoms with van der Waals surface area (Å²) in [5.74, 6) is -6.11. The van der Waals surface area contributed by atoms with Crippen molar-refractivity contribution in [3.63, 3.8) is 0 Å². The lowest BCUT2D eigenvalue weighted by atomic mass is 9.57. The van der Waals surface area contributed by atoms with Crippen molar-refractivity contribution in [3.8, 4) is 17.2 Å². The first-order valence-electron chi connectivity index (χ1n) is 10.6. The van der Waals surface area contributed by atoms with Gasteiger partial charge in [0.05, 0.1) is 23.9 Å². The van der Waals surface area contributed by atoms with Crippen molar-refractivity contribution in [2.45, 2.75) is 32.3 Å². The van der Waals surface area contributed by atoms with Crippen molar-refractivity contribution >= 4 is 12.0 Å². The second kappa shape index (κ2) is 8.10. The number of aliphatic hydroxyl groups excluding tert-OH is 1. The Morgan fingerprint density at radius 2 is 2.03 bits per heavy atom. The third kappa shape index (κ3) is 3.49. The molecule has 1 saturated carbocycles. The second-order valence-electron chi connectivity index (χ2n) is 8.74. The summed E-state index contributed by atoms with van der Waals surface area (Å²) in [5.41, 5.74) is 1.05. The Hall–Kier alpha value is -3.11. The lowest BCUT2D eigenvalue weighted by molar-refractivity contribution is -0.177. The molecule has 1 aliphatic heterocycles. The minimum Gasteiger partial charge on any atom is -0.462 e. The van der Waals surface area contributed by atoms with Gasteiger partial charge in [0.25, 0.3) is 5.92 Å². The zero-order chi connectivity index (χ0) is 23.1. The van der Waals surface area contributed by atoms with Crippen LogP contribution in [-0.2, 0) is 9.53 Å². The summed E-state index contributed by atoms with van der Waals surface area (Å²) in [6.07, 6.45) is 3.69. The molecular weight excluding hydrogens is 414 g/mol. The van der Waals surface area contributed by atoms with E-state index < -0.39 is 54.2 Å². The molecule has 0 radical (unpaired) electrons. The Morgan fingerprint density at radius 3 is 2.69 bits per heavy atom. The van der Waals surface area contributed by atoms with Gasteiger partial charge in [0.1, 0.15) is 11.5 Å². The molecule has 1 aromatic heterocycles. The van der Waals surface area contributed by atoms with E-state index in [1.807, 2.05) is 18.2 Å². The van der Waals surface area contributed by atoms with Crippen LogP contribution in [0.15, 0.2) is 48.7 Å². The first-order valence-corrected chi connectivity index (χ1v) is 10.6. The fourth-order valence-electron chi connectivity index (χ4n) is 5.21. The van der Waals surface area contributed by atoms with Crippen LogP contribution in [0, 0.1) is 34.5 Å². The van der Waals surface area contributed by atoms with Gasteiger partial charge in [-0.2, -0.15) is 5.26 Å². The van der Waals surface area contributed by atoms with E-state index in [1.54, 1.807) is 43.5 Å². The lowest BCUT2D eigenvalue weighted by Gasteiger charge is -2.47. The summed E-state index contributed by atoms with van der Waals surface area (Å²) in [5, 5.41) is 19.2. The standard InChI is InChI=1S/C25H24F2N2O3/c1-15-20(22-16(2)32-23(31)24(22,14-30)13-25(15,26)27)10-9-19-8-7-18(12-29-19)21-6-4-3-5-17(21)11-28/h3-10,12,15-16,20,22,30H,13-14H2,1-2H3/b10-9+/t15-,16+,20-,22?,24-/m0/s1. The number of allylic oxidation sites excluding steroid dienone is 1.